The van der Waals surface area contributed by atoms with Gasteiger partial charge in [-0.3, -0.25) is 24.8 Å². The standard InChI is InChI=1S/C27H27ClN6O5/c1-16(2)39-22-13-20(34(37)38)7-8-21(22)26-31-24(18-9-10-29-14-18)25(17-3-5-19(28)6-4-17)33(26)27(36)32-12-11-30-23(35)15-32/h3-10,13-14,16,24-25,29H,11-12,15H2,1-2H3,(H,30,35). The van der Waals surface area contributed by atoms with Crippen molar-refractivity contribution < 1.29 is 19.2 Å². The van der Waals surface area contributed by atoms with Crippen LogP contribution >= 0.6 is 11.6 Å². The number of carbonyl (C=O) groups is 2. The van der Waals surface area contributed by atoms with E-state index in [-0.39, 0.29) is 30.0 Å². The quantitative estimate of drug-likeness (QED) is 0.345. The molecule has 2 atom stereocenters. The first-order valence-electron chi connectivity index (χ1n) is 12.5. The lowest BCUT2D eigenvalue weighted by molar-refractivity contribution is -0.384. The Balaban J connectivity index is 1.70. The normalized spacial score (nSPS) is 19.2. The Morgan fingerprint density at radius 2 is 1.95 bits per heavy atom. The Bertz CT molecular complexity index is 1420. The Kier molecular flexibility index (Phi) is 7.25. The predicted molar refractivity (Wildman–Crippen MR) is 145 cm³/mol. The molecule has 3 amide bonds. The monoisotopic (exact) mass is 550 g/mol. The van der Waals surface area contributed by atoms with E-state index in [1.54, 1.807) is 29.3 Å². The van der Waals surface area contributed by atoms with Crippen LogP contribution in [0.3, 0.4) is 0 Å². The fourth-order valence-electron chi connectivity index (χ4n) is 4.83. The minimum absolute atomic E-state index is 0.0968. The molecule has 202 valence electrons. The van der Waals surface area contributed by atoms with Gasteiger partial charge in [0.15, 0.2) is 0 Å². The van der Waals surface area contributed by atoms with Crippen LogP contribution < -0.4 is 10.1 Å². The van der Waals surface area contributed by atoms with Gasteiger partial charge in [0.05, 0.1) is 28.7 Å². The number of aromatic nitrogens is 1. The highest BCUT2D eigenvalue weighted by Crippen LogP contribution is 2.45. The van der Waals surface area contributed by atoms with Crippen molar-refractivity contribution in [3.63, 3.8) is 0 Å². The molecule has 0 spiro atoms. The number of halogens is 1. The van der Waals surface area contributed by atoms with Crippen molar-refractivity contribution in [2.45, 2.75) is 32.0 Å². The summed E-state index contributed by atoms with van der Waals surface area (Å²) in [6.07, 6.45) is 3.30. The van der Waals surface area contributed by atoms with E-state index in [0.717, 1.165) is 11.1 Å². The van der Waals surface area contributed by atoms with Crippen LogP contribution in [0, 0.1) is 10.1 Å². The van der Waals surface area contributed by atoms with Gasteiger partial charge in [-0.15, -0.1) is 0 Å². The maximum absolute atomic E-state index is 14.2. The lowest BCUT2D eigenvalue weighted by Crippen LogP contribution is -2.55. The van der Waals surface area contributed by atoms with Gasteiger partial charge in [0, 0.05) is 36.6 Å². The number of H-pyrrole nitrogens is 1. The molecular weight excluding hydrogens is 524 g/mol. The van der Waals surface area contributed by atoms with Crippen LogP contribution in [-0.4, -0.2) is 63.2 Å². The molecule has 2 aliphatic heterocycles. The molecule has 39 heavy (non-hydrogen) atoms. The zero-order chi connectivity index (χ0) is 27.7. The summed E-state index contributed by atoms with van der Waals surface area (Å²) in [5.41, 5.74) is 1.91. The smallest absolute Gasteiger partial charge is 0.326 e. The van der Waals surface area contributed by atoms with Gasteiger partial charge in [-0.2, -0.15) is 0 Å². The first-order chi connectivity index (χ1) is 18.7. The lowest BCUT2D eigenvalue weighted by Gasteiger charge is -2.35. The maximum atomic E-state index is 14.2. The minimum atomic E-state index is -0.590. The number of ether oxygens (including phenoxy) is 1. The molecule has 3 heterocycles. The van der Waals surface area contributed by atoms with Crippen molar-refractivity contribution in [1.29, 1.82) is 0 Å². The Morgan fingerprint density at radius 1 is 1.18 bits per heavy atom. The number of amidine groups is 1. The zero-order valence-electron chi connectivity index (χ0n) is 21.3. The molecule has 0 bridgehead atoms. The molecule has 12 heteroatoms. The number of aliphatic imine (C=N–C) groups is 1. The number of aromatic amines is 1. The number of hydrogen-bond acceptors (Lipinski definition) is 6. The number of nitrogens with zero attached hydrogens (tertiary/aromatic N) is 4. The van der Waals surface area contributed by atoms with E-state index >= 15 is 0 Å². The Morgan fingerprint density at radius 3 is 2.59 bits per heavy atom. The van der Waals surface area contributed by atoms with Crippen molar-refractivity contribution in [3.05, 3.63) is 92.8 Å². The van der Waals surface area contributed by atoms with Crippen LogP contribution in [0.1, 0.15) is 42.6 Å². The second-order valence-corrected chi connectivity index (χ2v) is 10.0. The van der Waals surface area contributed by atoms with Crippen molar-refractivity contribution in [2.24, 2.45) is 4.99 Å². The molecule has 1 aromatic heterocycles. The predicted octanol–water partition coefficient (Wildman–Crippen LogP) is 4.46. The van der Waals surface area contributed by atoms with Gasteiger partial charge >= 0.3 is 6.03 Å². The summed E-state index contributed by atoms with van der Waals surface area (Å²) in [6, 6.07) is 11.8. The largest absolute Gasteiger partial charge is 0.490 e. The molecule has 3 aromatic rings. The number of amides is 3. The van der Waals surface area contributed by atoms with E-state index in [1.807, 2.05) is 38.2 Å². The number of urea groups is 1. The topological polar surface area (TPSA) is 133 Å². The molecule has 0 radical (unpaired) electrons. The van der Waals surface area contributed by atoms with Gasteiger partial charge < -0.3 is 19.9 Å². The number of nitro groups is 1. The SMILES string of the molecule is CC(C)Oc1cc([N+](=O)[O-])ccc1C1=NC(c2cc[nH]c2)C(c2ccc(Cl)cc2)N1C(=O)N1CCNC(=O)C1. The van der Waals surface area contributed by atoms with Crippen molar-refractivity contribution in [1.82, 2.24) is 20.1 Å². The third kappa shape index (κ3) is 5.30. The number of rotatable bonds is 6. The summed E-state index contributed by atoms with van der Waals surface area (Å²) in [4.78, 5) is 48.6. The van der Waals surface area contributed by atoms with Crippen molar-refractivity contribution >= 4 is 35.1 Å². The molecule has 0 aliphatic carbocycles. The summed E-state index contributed by atoms with van der Waals surface area (Å²) in [7, 11) is 0. The molecule has 1 fully saturated rings. The number of carbonyl (C=O) groups excluding carboxylic acids is 2. The summed E-state index contributed by atoms with van der Waals surface area (Å²) in [5.74, 6) is 0.274. The summed E-state index contributed by atoms with van der Waals surface area (Å²) in [6.45, 7) is 4.18. The van der Waals surface area contributed by atoms with E-state index in [2.05, 4.69) is 10.3 Å². The molecule has 0 saturated carbocycles. The van der Waals surface area contributed by atoms with Crippen LogP contribution in [0.4, 0.5) is 10.5 Å². The van der Waals surface area contributed by atoms with E-state index in [9.17, 15) is 19.7 Å². The number of benzene rings is 2. The first-order valence-corrected chi connectivity index (χ1v) is 12.9. The Labute approximate surface area is 229 Å². The molecule has 2 unspecified atom stereocenters. The Hall–Kier alpha value is -4.38. The lowest BCUT2D eigenvalue weighted by atomic mass is 9.95. The van der Waals surface area contributed by atoms with Crippen molar-refractivity contribution in [3.8, 4) is 5.75 Å². The van der Waals surface area contributed by atoms with E-state index in [1.165, 1.54) is 17.0 Å². The highest BCUT2D eigenvalue weighted by molar-refractivity contribution is 6.30. The zero-order valence-corrected chi connectivity index (χ0v) is 22.1. The number of non-ortho nitro benzene ring substituents is 1. The minimum Gasteiger partial charge on any atom is -0.490 e. The second-order valence-electron chi connectivity index (χ2n) is 9.57. The number of hydrogen-bond donors (Lipinski definition) is 2. The molecule has 11 nitrogen and oxygen atoms in total. The van der Waals surface area contributed by atoms with E-state index in [0.29, 0.717) is 29.5 Å². The molecule has 2 aliphatic rings. The van der Waals surface area contributed by atoms with Gasteiger partial charge in [-0.05, 0) is 49.2 Å². The van der Waals surface area contributed by atoms with Gasteiger partial charge in [0.2, 0.25) is 5.91 Å². The molecular formula is C27H27ClN6O5. The molecule has 1 saturated heterocycles. The van der Waals surface area contributed by atoms with Crippen molar-refractivity contribution in [2.75, 3.05) is 19.6 Å². The third-order valence-electron chi connectivity index (χ3n) is 6.54. The second kappa shape index (κ2) is 10.8. The third-order valence-corrected chi connectivity index (χ3v) is 6.79. The van der Waals surface area contributed by atoms with Crippen LogP contribution in [-0.2, 0) is 4.79 Å². The van der Waals surface area contributed by atoms with Crippen LogP contribution in [0.25, 0.3) is 0 Å². The van der Waals surface area contributed by atoms with Crippen LogP contribution in [0.5, 0.6) is 5.75 Å². The van der Waals surface area contributed by atoms with E-state index < -0.39 is 23.0 Å². The van der Waals surface area contributed by atoms with E-state index in [4.69, 9.17) is 21.3 Å². The maximum Gasteiger partial charge on any atom is 0.326 e. The van der Waals surface area contributed by atoms with Gasteiger partial charge in [-0.1, -0.05) is 23.7 Å². The van der Waals surface area contributed by atoms with Gasteiger partial charge in [-0.25, -0.2) is 4.79 Å². The summed E-state index contributed by atoms with van der Waals surface area (Å²) in [5, 5.41) is 14.8. The fraction of sp³-hybridized carbons (Fsp3) is 0.296. The number of nitrogens with one attached hydrogen (secondary N) is 2. The number of nitro benzene ring substituents is 1. The number of piperazine rings is 1. The summed E-state index contributed by atoms with van der Waals surface area (Å²) >= 11 is 6.19. The average molecular weight is 551 g/mol. The fourth-order valence-corrected chi connectivity index (χ4v) is 4.96. The van der Waals surface area contributed by atoms with Gasteiger partial charge in [0.25, 0.3) is 5.69 Å². The average Bonchev–Trinajstić information content (AvgIpc) is 3.57. The van der Waals surface area contributed by atoms with Crippen LogP contribution in [0.2, 0.25) is 5.02 Å². The molecule has 2 aromatic carbocycles. The van der Waals surface area contributed by atoms with Crippen LogP contribution in [0.15, 0.2) is 65.9 Å². The highest BCUT2D eigenvalue weighted by atomic mass is 35.5. The molecule has 5 rings (SSSR count). The highest BCUT2D eigenvalue weighted by Gasteiger charge is 2.45. The van der Waals surface area contributed by atoms with Gasteiger partial charge in [0.1, 0.15) is 24.2 Å². The summed E-state index contributed by atoms with van der Waals surface area (Å²) < 4.78 is 6.00. The first kappa shape index (κ1) is 26.2. The molecule has 2 N–H and O–H groups in total.